The number of nitrogens with one attached hydrogen (secondary N) is 1. The zero-order valence-electron chi connectivity index (χ0n) is 16.4. The predicted molar refractivity (Wildman–Crippen MR) is 103 cm³/mol. The highest BCUT2D eigenvalue weighted by molar-refractivity contribution is 5.96. The predicted octanol–water partition coefficient (Wildman–Crippen LogP) is 2.55. The van der Waals surface area contributed by atoms with Gasteiger partial charge in [0.15, 0.2) is 0 Å². The first kappa shape index (κ1) is 21.1. The highest BCUT2D eigenvalue weighted by Gasteiger charge is 2.23. The number of esters is 2. The lowest BCUT2D eigenvalue weighted by Crippen LogP contribution is -2.43. The number of ether oxygens (including phenoxy) is 2. The van der Waals surface area contributed by atoms with Crippen molar-refractivity contribution >= 4 is 17.8 Å². The summed E-state index contributed by atoms with van der Waals surface area (Å²) in [6, 6.07) is 8.93. The molecule has 1 N–H and O–H groups in total. The van der Waals surface area contributed by atoms with E-state index >= 15 is 0 Å². The van der Waals surface area contributed by atoms with Gasteiger partial charge < -0.3 is 14.8 Å². The van der Waals surface area contributed by atoms with Gasteiger partial charge in [-0.05, 0) is 50.6 Å². The van der Waals surface area contributed by atoms with E-state index in [0.717, 1.165) is 5.56 Å². The Hall–Kier alpha value is -3.22. The summed E-state index contributed by atoms with van der Waals surface area (Å²) in [6.07, 6.45) is 3.22. The summed E-state index contributed by atoms with van der Waals surface area (Å²) in [5, 5.41) is 2.67. The molecule has 0 aliphatic rings. The van der Waals surface area contributed by atoms with Gasteiger partial charge in [-0.25, -0.2) is 9.59 Å². The topological polar surface area (TPSA) is 94.6 Å². The number of hydrogen-bond acceptors (Lipinski definition) is 6. The molecule has 2 aromatic rings. The number of hydrogen-bond donors (Lipinski definition) is 1. The van der Waals surface area contributed by atoms with E-state index in [2.05, 4.69) is 10.3 Å². The first-order chi connectivity index (χ1) is 13.2. The second-order valence-corrected chi connectivity index (χ2v) is 7.19. The first-order valence-corrected chi connectivity index (χ1v) is 8.80. The normalized spacial score (nSPS) is 12.0. The van der Waals surface area contributed by atoms with Crippen LogP contribution in [-0.2, 0) is 20.7 Å². The summed E-state index contributed by atoms with van der Waals surface area (Å²) in [4.78, 5) is 40.4. The Morgan fingerprint density at radius 3 is 2.14 bits per heavy atom. The van der Waals surface area contributed by atoms with E-state index in [0.29, 0.717) is 11.1 Å². The van der Waals surface area contributed by atoms with Crippen LogP contribution >= 0.6 is 0 Å². The molecule has 1 atom stereocenters. The van der Waals surface area contributed by atoms with Crippen molar-refractivity contribution in [1.82, 2.24) is 10.3 Å². The van der Waals surface area contributed by atoms with Crippen molar-refractivity contribution in [1.29, 1.82) is 0 Å². The zero-order valence-corrected chi connectivity index (χ0v) is 16.4. The van der Waals surface area contributed by atoms with Gasteiger partial charge in [-0.3, -0.25) is 9.78 Å². The Kier molecular flexibility index (Phi) is 6.87. The van der Waals surface area contributed by atoms with Gasteiger partial charge >= 0.3 is 11.9 Å². The Morgan fingerprint density at radius 1 is 1.00 bits per heavy atom. The number of amides is 1. The Bertz CT molecular complexity index is 826. The molecule has 7 heteroatoms. The lowest BCUT2D eigenvalue weighted by molar-refractivity contribution is -0.142. The Balaban J connectivity index is 2.09. The molecule has 0 spiro atoms. The van der Waals surface area contributed by atoms with Crippen LogP contribution in [0.2, 0.25) is 0 Å². The monoisotopic (exact) mass is 384 g/mol. The molecule has 1 amide bonds. The van der Waals surface area contributed by atoms with Crippen molar-refractivity contribution in [3.8, 4) is 0 Å². The smallest absolute Gasteiger partial charge is 0.338 e. The standard InChI is InChI=1S/C21H24N2O5/c1-21(2,3)28-19(25)16-7-5-14(6-8-16)13-17(20(26)27-4)23-18(24)15-9-11-22-12-10-15/h5-12,17H,13H2,1-4H3,(H,23,24)/t17-/m0/s1. The number of pyridine rings is 1. The SMILES string of the molecule is COC(=O)[C@H](Cc1ccc(C(=O)OC(C)(C)C)cc1)NC(=O)c1ccncc1. The van der Waals surface area contributed by atoms with Gasteiger partial charge in [-0.2, -0.15) is 0 Å². The third-order valence-corrected chi connectivity index (χ3v) is 3.76. The summed E-state index contributed by atoms with van der Waals surface area (Å²) < 4.78 is 10.1. The van der Waals surface area contributed by atoms with Crippen molar-refractivity contribution in [2.75, 3.05) is 7.11 Å². The third kappa shape index (κ3) is 6.19. The van der Waals surface area contributed by atoms with E-state index in [1.807, 2.05) is 0 Å². The van der Waals surface area contributed by atoms with Gasteiger partial charge in [0.2, 0.25) is 0 Å². The maximum absolute atomic E-state index is 12.3. The minimum Gasteiger partial charge on any atom is -0.467 e. The van der Waals surface area contributed by atoms with Crippen molar-refractivity contribution in [3.05, 3.63) is 65.5 Å². The highest BCUT2D eigenvalue weighted by atomic mass is 16.6. The molecule has 0 aliphatic heterocycles. The molecule has 0 aliphatic carbocycles. The molecule has 1 aromatic carbocycles. The maximum atomic E-state index is 12.3. The fourth-order valence-electron chi connectivity index (χ4n) is 2.43. The van der Waals surface area contributed by atoms with Gasteiger partial charge in [0, 0.05) is 24.4 Å². The molecular formula is C21H24N2O5. The summed E-state index contributed by atoms with van der Waals surface area (Å²) in [6.45, 7) is 5.39. The lowest BCUT2D eigenvalue weighted by Gasteiger charge is -2.20. The van der Waals surface area contributed by atoms with Crippen molar-refractivity contribution < 1.29 is 23.9 Å². The van der Waals surface area contributed by atoms with E-state index in [9.17, 15) is 14.4 Å². The Labute approximate surface area is 164 Å². The number of nitrogens with zero attached hydrogens (tertiary/aromatic N) is 1. The van der Waals surface area contributed by atoms with E-state index in [1.54, 1.807) is 57.2 Å². The van der Waals surface area contributed by atoms with Crippen molar-refractivity contribution in [2.24, 2.45) is 0 Å². The number of rotatable bonds is 6. The second-order valence-electron chi connectivity index (χ2n) is 7.19. The molecule has 0 fully saturated rings. The summed E-state index contributed by atoms with van der Waals surface area (Å²) in [5.74, 6) is -1.38. The molecule has 1 heterocycles. The number of aromatic nitrogens is 1. The molecule has 0 bridgehead atoms. The molecule has 0 saturated carbocycles. The van der Waals surface area contributed by atoms with E-state index < -0.39 is 29.5 Å². The third-order valence-electron chi connectivity index (χ3n) is 3.76. The minimum absolute atomic E-state index is 0.220. The number of methoxy groups -OCH3 is 1. The van der Waals surface area contributed by atoms with Gasteiger partial charge in [0.1, 0.15) is 11.6 Å². The fraction of sp³-hybridized carbons (Fsp3) is 0.333. The quantitative estimate of drug-likeness (QED) is 0.769. The van der Waals surface area contributed by atoms with Crippen LogP contribution in [0.15, 0.2) is 48.8 Å². The lowest BCUT2D eigenvalue weighted by atomic mass is 10.0. The number of benzene rings is 1. The molecule has 7 nitrogen and oxygen atoms in total. The van der Waals surface area contributed by atoms with Crippen LogP contribution in [0.25, 0.3) is 0 Å². The van der Waals surface area contributed by atoms with Crippen molar-refractivity contribution in [3.63, 3.8) is 0 Å². The van der Waals surface area contributed by atoms with Crippen LogP contribution in [0, 0.1) is 0 Å². The molecule has 28 heavy (non-hydrogen) atoms. The largest absolute Gasteiger partial charge is 0.467 e. The molecular weight excluding hydrogens is 360 g/mol. The van der Waals surface area contributed by atoms with E-state index in [4.69, 9.17) is 9.47 Å². The summed E-state index contributed by atoms with van der Waals surface area (Å²) in [5.41, 5.74) is 0.985. The van der Waals surface area contributed by atoms with Crippen LogP contribution < -0.4 is 5.32 Å². The molecule has 0 unspecified atom stereocenters. The molecule has 0 saturated heterocycles. The first-order valence-electron chi connectivity index (χ1n) is 8.80. The van der Waals surface area contributed by atoms with Crippen LogP contribution in [0.4, 0.5) is 0 Å². The maximum Gasteiger partial charge on any atom is 0.338 e. The van der Waals surface area contributed by atoms with Gasteiger partial charge in [0.05, 0.1) is 12.7 Å². The summed E-state index contributed by atoms with van der Waals surface area (Å²) >= 11 is 0. The molecule has 2 rings (SSSR count). The van der Waals surface area contributed by atoms with Crippen molar-refractivity contribution in [2.45, 2.75) is 38.8 Å². The van der Waals surface area contributed by atoms with Crippen LogP contribution in [-0.4, -0.2) is 41.6 Å². The number of carbonyl (C=O) groups is 3. The van der Waals surface area contributed by atoms with Crippen LogP contribution in [0.1, 0.15) is 47.1 Å². The average Bonchev–Trinajstić information content (AvgIpc) is 2.66. The van der Waals surface area contributed by atoms with Gasteiger partial charge in [0.25, 0.3) is 5.91 Å². The Morgan fingerprint density at radius 2 is 1.61 bits per heavy atom. The van der Waals surface area contributed by atoms with Crippen LogP contribution in [0.5, 0.6) is 0 Å². The van der Waals surface area contributed by atoms with Crippen LogP contribution in [0.3, 0.4) is 0 Å². The van der Waals surface area contributed by atoms with E-state index in [-0.39, 0.29) is 6.42 Å². The molecule has 1 aromatic heterocycles. The van der Waals surface area contributed by atoms with E-state index in [1.165, 1.54) is 19.5 Å². The van der Waals surface area contributed by atoms with Gasteiger partial charge in [-0.15, -0.1) is 0 Å². The second kappa shape index (κ2) is 9.12. The fourth-order valence-corrected chi connectivity index (χ4v) is 2.43. The summed E-state index contributed by atoms with van der Waals surface area (Å²) in [7, 11) is 1.26. The zero-order chi connectivity index (χ0) is 20.7. The molecule has 148 valence electrons. The molecule has 0 radical (unpaired) electrons. The highest BCUT2D eigenvalue weighted by Crippen LogP contribution is 2.14. The van der Waals surface area contributed by atoms with Gasteiger partial charge in [-0.1, -0.05) is 12.1 Å². The average molecular weight is 384 g/mol. The minimum atomic E-state index is -0.863. The number of carbonyl (C=O) groups excluding carboxylic acids is 3.